The molecule has 0 saturated carbocycles. The summed E-state index contributed by atoms with van der Waals surface area (Å²) in [4.78, 5) is 10.3. The fourth-order valence-electron chi connectivity index (χ4n) is 0.926. The van der Waals surface area contributed by atoms with Crippen LogP contribution in [0.4, 0.5) is 8.78 Å². The van der Waals surface area contributed by atoms with E-state index in [1.807, 2.05) is 0 Å². The number of rotatable bonds is 1. The molecule has 0 radical (unpaired) electrons. The van der Waals surface area contributed by atoms with E-state index in [0.717, 1.165) is 0 Å². The maximum atomic E-state index is 12.5. The van der Waals surface area contributed by atoms with Crippen LogP contribution in [-0.2, 0) is 4.79 Å². The van der Waals surface area contributed by atoms with Crippen molar-refractivity contribution in [1.82, 2.24) is 5.32 Å². The van der Waals surface area contributed by atoms with Crippen molar-refractivity contribution >= 4 is 5.91 Å². The highest BCUT2D eigenvalue weighted by Crippen LogP contribution is 2.18. The van der Waals surface area contributed by atoms with Crippen LogP contribution < -0.4 is 11.1 Å². The Kier molecular flexibility index (Phi) is 1.85. The summed E-state index contributed by atoms with van der Waals surface area (Å²) in [6.07, 6.45) is -3.52. The van der Waals surface area contributed by atoms with Crippen LogP contribution in [0.15, 0.2) is 0 Å². The van der Waals surface area contributed by atoms with E-state index in [0.29, 0.717) is 0 Å². The molecule has 1 aliphatic heterocycles. The summed E-state index contributed by atoms with van der Waals surface area (Å²) < 4.78 is 24.7. The SMILES string of the molecule is NC(=O)C1CNC(F)C1F. The van der Waals surface area contributed by atoms with Crippen LogP contribution in [-0.4, -0.2) is 24.9 Å². The Morgan fingerprint density at radius 3 is 2.40 bits per heavy atom. The number of primary amides is 1. The molecule has 0 bridgehead atoms. The first kappa shape index (κ1) is 7.40. The van der Waals surface area contributed by atoms with Gasteiger partial charge in [-0.2, -0.15) is 0 Å². The summed E-state index contributed by atoms with van der Waals surface area (Å²) in [5, 5.41) is 2.16. The van der Waals surface area contributed by atoms with Gasteiger partial charge in [-0.1, -0.05) is 0 Å². The summed E-state index contributed by atoms with van der Waals surface area (Å²) in [7, 11) is 0. The number of nitrogens with one attached hydrogen (secondary N) is 1. The van der Waals surface area contributed by atoms with E-state index in [-0.39, 0.29) is 6.54 Å². The molecule has 1 rings (SSSR count). The van der Waals surface area contributed by atoms with Crippen molar-refractivity contribution in [3.8, 4) is 0 Å². The zero-order chi connectivity index (χ0) is 7.72. The van der Waals surface area contributed by atoms with Gasteiger partial charge in [0.1, 0.15) is 0 Å². The molecule has 0 aromatic rings. The van der Waals surface area contributed by atoms with Crippen LogP contribution in [0.1, 0.15) is 0 Å². The van der Waals surface area contributed by atoms with Crippen molar-refractivity contribution in [2.75, 3.05) is 6.54 Å². The number of hydrogen-bond acceptors (Lipinski definition) is 2. The number of carbonyl (C=O) groups is 1. The minimum Gasteiger partial charge on any atom is -0.369 e. The first-order valence-electron chi connectivity index (χ1n) is 2.94. The summed E-state index contributed by atoms with van der Waals surface area (Å²) in [5.74, 6) is -1.80. The van der Waals surface area contributed by atoms with Crippen molar-refractivity contribution in [3.05, 3.63) is 0 Å². The van der Waals surface area contributed by atoms with Gasteiger partial charge >= 0.3 is 0 Å². The number of alkyl halides is 2. The summed E-state index contributed by atoms with van der Waals surface area (Å²) in [5.41, 5.74) is 4.76. The minimum atomic E-state index is -1.78. The van der Waals surface area contributed by atoms with Crippen LogP contribution in [0.25, 0.3) is 0 Å². The lowest BCUT2D eigenvalue weighted by atomic mass is 10.1. The molecule has 5 heteroatoms. The van der Waals surface area contributed by atoms with Crippen LogP contribution in [0.5, 0.6) is 0 Å². The van der Waals surface area contributed by atoms with Gasteiger partial charge in [0, 0.05) is 6.54 Å². The Morgan fingerprint density at radius 1 is 1.60 bits per heavy atom. The summed E-state index contributed by atoms with van der Waals surface area (Å²) in [6, 6.07) is 0. The zero-order valence-electron chi connectivity index (χ0n) is 5.18. The molecule has 1 aliphatic rings. The van der Waals surface area contributed by atoms with Gasteiger partial charge in [0.25, 0.3) is 0 Å². The smallest absolute Gasteiger partial charge is 0.224 e. The third kappa shape index (κ3) is 1.09. The molecular formula is C5H8F2N2O. The lowest BCUT2D eigenvalue weighted by Crippen LogP contribution is -2.31. The number of amides is 1. The second kappa shape index (κ2) is 2.49. The minimum absolute atomic E-state index is 0.00231. The van der Waals surface area contributed by atoms with Gasteiger partial charge in [0.15, 0.2) is 12.5 Å². The van der Waals surface area contributed by atoms with E-state index >= 15 is 0 Å². The summed E-state index contributed by atoms with van der Waals surface area (Å²) in [6.45, 7) is -0.00231. The lowest BCUT2D eigenvalue weighted by molar-refractivity contribution is -0.123. The molecule has 0 spiro atoms. The van der Waals surface area contributed by atoms with Gasteiger partial charge in [0.05, 0.1) is 5.92 Å². The van der Waals surface area contributed by atoms with Crippen molar-refractivity contribution in [3.63, 3.8) is 0 Å². The van der Waals surface area contributed by atoms with E-state index < -0.39 is 24.3 Å². The maximum Gasteiger partial charge on any atom is 0.224 e. The first-order valence-corrected chi connectivity index (χ1v) is 2.94. The van der Waals surface area contributed by atoms with Gasteiger partial charge in [-0.3, -0.25) is 10.1 Å². The Balaban J connectivity index is 2.57. The fraction of sp³-hybridized carbons (Fsp3) is 0.800. The first-order chi connectivity index (χ1) is 4.63. The Labute approximate surface area is 56.6 Å². The monoisotopic (exact) mass is 150 g/mol. The van der Waals surface area contributed by atoms with Crippen molar-refractivity contribution in [2.45, 2.75) is 12.5 Å². The van der Waals surface area contributed by atoms with Gasteiger partial charge < -0.3 is 5.73 Å². The van der Waals surface area contributed by atoms with Crippen LogP contribution in [0, 0.1) is 5.92 Å². The van der Waals surface area contributed by atoms with Crippen molar-refractivity contribution in [2.24, 2.45) is 11.7 Å². The Bertz CT molecular complexity index is 153. The molecule has 58 valence electrons. The molecule has 10 heavy (non-hydrogen) atoms. The molecule has 0 aromatic carbocycles. The Hall–Kier alpha value is -0.710. The third-order valence-corrected chi connectivity index (χ3v) is 1.56. The highest BCUT2D eigenvalue weighted by molar-refractivity contribution is 5.78. The molecule has 0 aromatic heterocycles. The van der Waals surface area contributed by atoms with Gasteiger partial charge in [-0.05, 0) is 0 Å². The second-order valence-electron chi connectivity index (χ2n) is 2.26. The quantitative estimate of drug-likeness (QED) is 0.487. The number of hydrogen-bond donors (Lipinski definition) is 2. The second-order valence-corrected chi connectivity index (χ2v) is 2.26. The predicted octanol–water partition coefficient (Wildman–Crippen LogP) is -0.675. The average molecular weight is 150 g/mol. The molecule has 1 fully saturated rings. The van der Waals surface area contributed by atoms with E-state index in [1.165, 1.54) is 0 Å². The molecule has 0 aliphatic carbocycles. The highest BCUT2D eigenvalue weighted by atomic mass is 19.2. The van der Waals surface area contributed by atoms with Gasteiger partial charge in [-0.25, -0.2) is 8.78 Å². The van der Waals surface area contributed by atoms with Crippen LogP contribution in [0.3, 0.4) is 0 Å². The zero-order valence-corrected chi connectivity index (χ0v) is 5.18. The fourth-order valence-corrected chi connectivity index (χ4v) is 0.926. The lowest BCUT2D eigenvalue weighted by Gasteiger charge is -2.05. The normalized spacial score (nSPS) is 40.0. The van der Waals surface area contributed by atoms with E-state index in [2.05, 4.69) is 5.32 Å². The van der Waals surface area contributed by atoms with Crippen molar-refractivity contribution in [1.29, 1.82) is 0 Å². The van der Waals surface area contributed by atoms with Crippen LogP contribution >= 0.6 is 0 Å². The van der Waals surface area contributed by atoms with Gasteiger partial charge in [0.2, 0.25) is 5.91 Å². The van der Waals surface area contributed by atoms with Gasteiger partial charge in [-0.15, -0.1) is 0 Å². The van der Waals surface area contributed by atoms with E-state index in [4.69, 9.17) is 5.73 Å². The molecule has 1 amide bonds. The molecule has 3 atom stereocenters. The molecule has 3 N–H and O–H groups in total. The molecule has 3 unspecified atom stereocenters. The van der Waals surface area contributed by atoms with Crippen LogP contribution in [0.2, 0.25) is 0 Å². The van der Waals surface area contributed by atoms with E-state index in [9.17, 15) is 13.6 Å². The standard InChI is InChI=1S/C5H8F2N2O/c6-3-2(5(8)10)1-9-4(3)7/h2-4,9H,1H2,(H2,8,10). The Morgan fingerprint density at radius 2 is 2.20 bits per heavy atom. The topological polar surface area (TPSA) is 55.1 Å². The third-order valence-electron chi connectivity index (χ3n) is 1.56. The molecule has 1 saturated heterocycles. The largest absolute Gasteiger partial charge is 0.369 e. The number of nitrogens with two attached hydrogens (primary N) is 1. The maximum absolute atomic E-state index is 12.5. The molecule has 1 heterocycles. The number of halogens is 2. The predicted molar refractivity (Wildman–Crippen MR) is 30.5 cm³/mol. The van der Waals surface area contributed by atoms with Crippen molar-refractivity contribution < 1.29 is 13.6 Å². The molecule has 3 nitrogen and oxygen atoms in total. The summed E-state index contributed by atoms with van der Waals surface area (Å²) >= 11 is 0. The molecular weight excluding hydrogens is 142 g/mol. The van der Waals surface area contributed by atoms with E-state index in [1.54, 1.807) is 0 Å². The average Bonchev–Trinajstić information content (AvgIpc) is 2.14. The number of carbonyl (C=O) groups excluding carboxylic acids is 1. The highest BCUT2D eigenvalue weighted by Gasteiger charge is 2.39.